The van der Waals surface area contributed by atoms with E-state index in [1.54, 1.807) is 16.2 Å². The summed E-state index contributed by atoms with van der Waals surface area (Å²) in [6.45, 7) is 2.18. The molecule has 2 aromatic rings. The lowest BCUT2D eigenvalue weighted by Gasteiger charge is -2.19. The SMILES string of the molecule is O=C1CCN(C(=O)CCNc2nc3ccccc3s2)CCN1. The molecular formula is C15H18N4O2S. The van der Waals surface area contributed by atoms with Crippen LogP contribution in [-0.4, -0.2) is 47.9 Å². The standard InChI is InChI=1S/C15H18N4O2S/c20-13-6-9-19(10-8-16-13)14(21)5-7-17-15-18-11-3-1-2-4-12(11)22-15/h1-4H,5-10H2,(H,16,20)(H,17,18). The first-order valence-corrected chi connectivity index (χ1v) is 8.18. The maximum Gasteiger partial charge on any atom is 0.224 e. The van der Waals surface area contributed by atoms with E-state index in [0.717, 1.165) is 15.3 Å². The number of hydrogen-bond acceptors (Lipinski definition) is 5. The summed E-state index contributed by atoms with van der Waals surface area (Å²) >= 11 is 1.59. The number of carbonyl (C=O) groups excluding carboxylic acids is 2. The number of para-hydroxylation sites is 1. The Hall–Kier alpha value is -2.15. The Bertz CT molecular complexity index is 652. The van der Waals surface area contributed by atoms with Crippen LogP contribution in [0.5, 0.6) is 0 Å². The number of fused-ring (bicyclic) bond motifs is 1. The molecule has 0 saturated carbocycles. The monoisotopic (exact) mass is 318 g/mol. The highest BCUT2D eigenvalue weighted by molar-refractivity contribution is 7.22. The first kappa shape index (κ1) is 14.8. The zero-order chi connectivity index (χ0) is 15.4. The van der Waals surface area contributed by atoms with Crippen LogP contribution in [-0.2, 0) is 9.59 Å². The summed E-state index contributed by atoms with van der Waals surface area (Å²) in [5.41, 5.74) is 0.971. The van der Waals surface area contributed by atoms with Gasteiger partial charge < -0.3 is 15.5 Å². The predicted molar refractivity (Wildman–Crippen MR) is 86.9 cm³/mol. The predicted octanol–water partition coefficient (Wildman–Crippen LogP) is 1.45. The van der Waals surface area contributed by atoms with E-state index in [9.17, 15) is 9.59 Å². The topological polar surface area (TPSA) is 74.3 Å². The Kier molecular flexibility index (Phi) is 4.53. The van der Waals surface area contributed by atoms with Gasteiger partial charge in [0.2, 0.25) is 11.8 Å². The summed E-state index contributed by atoms with van der Waals surface area (Å²) < 4.78 is 1.13. The van der Waals surface area contributed by atoms with Crippen LogP contribution < -0.4 is 10.6 Å². The number of anilines is 1. The van der Waals surface area contributed by atoms with Crippen molar-refractivity contribution in [1.82, 2.24) is 15.2 Å². The molecule has 1 aromatic carbocycles. The van der Waals surface area contributed by atoms with Crippen LogP contribution in [0.3, 0.4) is 0 Å². The number of thiazole rings is 1. The van der Waals surface area contributed by atoms with Crippen LogP contribution in [0.1, 0.15) is 12.8 Å². The molecule has 0 spiro atoms. The van der Waals surface area contributed by atoms with Gasteiger partial charge in [0, 0.05) is 39.0 Å². The van der Waals surface area contributed by atoms with Gasteiger partial charge >= 0.3 is 0 Å². The summed E-state index contributed by atoms with van der Waals surface area (Å²) in [5, 5.41) is 6.81. The van der Waals surface area contributed by atoms with Gasteiger partial charge in [0.1, 0.15) is 0 Å². The Balaban J connectivity index is 1.49. The molecule has 0 bridgehead atoms. The Morgan fingerprint density at radius 1 is 1.36 bits per heavy atom. The third kappa shape index (κ3) is 3.54. The summed E-state index contributed by atoms with van der Waals surface area (Å²) in [4.78, 5) is 29.6. The number of carbonyl (C=O) groups is 2. The number of benzene rings is 1. The lowest BCUT2D eigenvalue weighted by Crippen LogP contribution is -2.35. The third-order valence-corrected chi connectivity index (χ3v) is 4.57. The second-order valence-corrected chi connectivity index (χ2v) is 6.17. The summed E-state index contributed by atoms with van der Waals surface area (Å²) in [6, 6.07) is 7.96. The maximum absolute atomic E-state index is 12.1. The lowest BCUT2D eigenvalue weighted by molar-refractivity contribution is -0.130. The second-order valence-electron chi connectivity index (χ2n) is 5.14. The van der Waals surface area contributed by atoms with E-state index in [1.165, 1.54) is 0 Å². The molecule has 0 atom stereocenters. The quantitative estimate of drug-likeness (QED) is 0.895. The number of nitrogens with zero attached hydrogens (tertiary/aromatic N) is 2. The summed E-state index contributed by atoms with van der Waals surface area (Å²) in [6.07, 6.45) is 0.793. The Morgan fingerprint density at radius 2 is 2.23 bits per heavy atom. The molecule has 1 aromatic heterocycles. The van der Waals surface area contributed by atoms with Crippen LogP contribution in [0.4, 0.5) is 5.13 Å². The van der Waals surface area contributed by atoms with Gasteiger partial charge in [0.15, 0.2) is 5.13 Å². The van der Waals surface area contributed by atoms with Gasteiger partial charge in [0.25, 0.3) is 0 Å². The van der Waals surface area contributed by atoms with E-state index in [-0.39, 0.29) is 11.8 Å². The largest absolute Gasteiger partial charge is 0.361 e. The minimum atomic E-state index is 0.0166. The van der Waals surface area contributed by atoms with Gasteiger partial charge in [-0.15, -0.1) is 0 Å². The summed E-state index contributed by atoms with van der Waals surface area (Å²) in [7, 11) is 0. The van der Waals surface area contributed by atoms with Gasteiger partial charge in [0.05, 0.1) is 10.2 Å². The molecule has 0 aliphatic carbocycles. The molecule has 1 saturated heterocycles. The van der Waals surface area contributed by atoms with Crippen molar-refractivity contribution in [3.8, 4) is 0 Å². The van der Waals surface area contributed by atoms with Crippen molar-refractivity contribution in [3.63, 3.8) is 0 Å². The smallest absolute Gasteiger partial charge is 0.224 e. The van der Waals surface area contributed by atoms with Crippen molar-refractivity contribution < 1.29 is 9.59 Å². The lowest BCUT2D eigenvalue weighted by atomic mass is 10.3. The fraction of sp³-hybridized carbons (Fsp3) is 0.400. The molecule has 1 aliphatic heterocycles. The van der Waals surface area contributed by atoms with E-state index < -0.39 is 0 Å². The molecule has 6 nitrogen and oxygen atoms in total. The van der Waals surface area contributed by atoms with E-state index >= 15 is 0 Å². The van der Waals surface area contributed by atoms with Crippen LogP contribution in [0.2, 0.25) is 0 Å². The first-order valence-electron chi connectivity index (χ1n) is 7.36. The first-order chi connectivity index (χ1) is 10.7. The average Bonchev–Trinajstić information content (AvgIpc) is 2.80. The fourth-order valence-corrected chi connectivity index (χ4v) is 3.29. The number of aromatic nitrogens is 1. The van der Waals surface area contributed by atoms with E-state index in [4.69, 9.17) is 0 Å². The molecule has 116 valence electrons. The minimum Gasteiger partial charge on any atom is -0.361 e. The zero-order valence-corrected chi connectivity index (χ0v) is 13.0. The highest BCUT2D eigenvalue weighted by atomic mass is 32.1. The number of hydrogen-bond donors (Lipinski definition) is 2. The van der Waals surface area contributed by atoms with Gasteiger partial charge in [-0.25, -0.2) is 4.98 Å². The van der Waals surface area contributed by atoms with Crippen LogP contribution >= 0.6 is 11.3 Å². The van der Waals surface area contributed by atoms with E-state index in [0.29, 0.717) is 39.0 Å². The molecule has 2 heterocycles. The van der Waals surface area contributed by atoms with Gasteiger partial charge in [-0.3, -0.25) is 9.59 Å². The van der Waals surface area contributed by atoms with Crippen molar-refractivity contribution in [2.75, 3.05) is 31.5 Å². The number of nitrogens with one attached hydrogen (secondary N) is 2. The van der Waals surface area contributed by atoms with E-state index in [2.05, 4.69) is 15.6 Å². The Morgan fingerprint density at radius 3 is 3.09 bits per heavy atom. The highest BCUT2D eigenvalue weighted by Crippen LogP contribution is 2.25. The van der Waals surface area contributed by atoms with Gasteiger partial charge in [-0.2, -0.15) is 0 Å². The molecule has 1 aliphatic rings. The Labute approximate surface area is 132 Å². The third-order valence-electron chi connectivity index (χ3n) is 3.57. The fourth-order valence-electron chi connectivity index (χ4n) is 2.40. The maximum atomic E-state index is 12.1. The van der Waals surface area contributed by atoms with Crippen molar-refractivity contribution in [2.24, 2.45) is 0 Å². The number of rotatable bonds is 4. The average molecular weight is 318 g/mol. The number of amides is 2. The molecule has 2 N–H and O–H groups in total. The highest BCUT2D eigenvalue weighted by Gasteiger charge is 2.17. The van der Waals surface area contributed by atoms with E-state index in [1.807, 2.05) is 24.3 Å². The molecule has 2 amide bonds. The normalized spacial score (nSPS) is 15.5. The van der Waals surface area contributed by atoms with Gasteiger partial charge in [-0.1, -0.05) is 23.5 Å². The van der Waals surface area contributed by atoms with Crippen LogP contribution in [0.15, 0.2) is 24.3 Å². The second kappa shape index (κ2) is 6.74. The molecule has 7 heteroatoms. The zero-order valence-electron chi connectivity index (χ0n) is 12.2. The van der Waals surface area contributed by atoms with Crippen molar-refractivity contribution in [2.45, 2.75) is 12.8 Å². The molecular weight excluding hydrogens is 300 g/mol. The molecule has 22 heavy (non-hydrogen) atoms. The summed E-state index contributed by atoms with van der Waals surface area (Å²) in [5.74, 6) is 0.0908. The molecule has 0 radical (unpaired) electrons. The molecule has 1 fully saturated rings. The minimum absolute atomic E-state index is 0.0166. The molecule has 0 unspecified atom stereocenters. The van der Waals surface area contributed by atoms with Crippen molar-refractivity contribution in [3.05, 3.63) is 24.3 Å². The van der Waals surface area contributed by atoms with Crippen LogP contribution in [0, 0.1) is 0 Å². The van der Waals surface area contributed by atoms with Crippen molar-refractivity contribution >= 4 is 38.5 Å². The van der Waals surface area contributed by atoms with Crippen LogP contribution in [0.25, 0.3) is 10.2 Å². The molecule has 3 rings (SSSR count). The van der Waals surface area contributed by atoms with Crippen molar-refractivity contribution in [1.29, 1.82) is 0 Å². The van der Waals surface area contributed by atoms with Gasteiger partial charge in [-0.05, 0) is 12.1 Å².